The molecule has 0 radical (unpaired) electrons. The fourth-order valence-corrected chi connectivity index (χ4v) is 3.22. The highest BCUT2D eigenvalue weighted by molar-refractivity contribution is 5.95. The average molecular weight is 347 g/mol. The second kappa shape index (κ2) is 6.84. The third-order valence-electron chi connectivity index (χ3n) is 4.41. The van der Waals surface area contributed by atoms with Crippen molar-refractivity contribution in [2.45, 2.75) is 38.8 Å². The molecule has 1 aliphatic heterocycles. The summed E-state index contributed by atoms with van der Waals surface area (Å²) in [5.74, 6) is -1.54. The van der Waals surface area contributed by atoms with Crippen LogP contribution in [0.25, 0.3) is 0 Å². The number of hydrogen-bond acceptors (Lipinski definition) is 4. The van der Waals surface area contributed by atoms with Gasteiger partial charge in [0.1, 0.15) is 11.6 Å². The standard InChI is InChI=1S/C18H19F2N3O2/c1-3-16-14(6-10(2)21-22-16)18(25)23-9-12(24)8-17(23)13-7-11(19)4-5-15(13)20/h4-7,12,17,24H,3,8-9H2,1-2H3/t12-,17-/m0/s1. The minimum Gasteiger partial charge on any atom is -0.391 e. The van der Waals surface area contributed by atoms with Crippen LogP contribution >= 0.6 is 0 Å². The Labute approximate surface area is 144 Å². The first-order chi connectivity index (χ1) is 11.9. The van der Waals surface area contributed by atoms with Gasteiger partial charge in [-0.2, -0.15) is 10.2 Å². The molecule has 3 rings (SSSR count). The maximum Gasteiger partial charge on any atom is 0.256 e. The van der Waals surface area contributed by atoms with Gasteiger partial charge in [-0.1, -0.05) is 6.92 Å². The number of benzene rings is 1. The zero-order chi connectivity index (χ0) is 18.1. The number of amides is 1. The Morgan fingerprint density at radius 2 is 2.08 bits per heavy atom. The first-order valence-electron chi connectivity index (χ1n) is 8.17. The van der Waals surface area contributed by atoms with Crippen LogP contribution in [0.5, 0.6) is 0 Å². The number of β-amino-alcohol motifs (C(OH)–C–C–N with tert-alkyl or cyclic N) is 1. The largest absolute Gasteiger partial charge is 0.391 e. The molecule has 1 fully saturated rings. The summed E-state index contributed by atoms with van der Waals surface area (Å²) in [4.78, 5) is 14.4. The predicted octanol–water partition coefficient (Wildman–Crippen LogP) is 2.57. The first kappa shape index (κ1) is 17.4. The summed E-state index contributed by atoms with van der Waals surface area (Å²) in [6.45, 7) is 3.65. The fraction of sp³-hybridized carbons (Fsp3) is 0.389. The number of hydrogen-bond donors (Lipinski definition) is 1. The number of halogens is 2. The Morgan fingerprint density at radius 3 is 2.80 bits per heavy atom. The van der Waals surface area contributed by atoms with Crippen LogP contribution in [0.2, 0.25) is 0 Å². The van der Waals surface area contributed by atoms with Crippen molar-refractivity contribution >= 4 is 5.91 Å². The lowest BCUT2D eigenvalue weighted by molar-refractivity contribution is 0.0711. The molecule has 1 saturated heterocycles. The van der Waals surface area contributed by atoms with Crippen molar-refractivity contribution in [3.63, 3.8) is 0 Å². The topological polar surface area (TPSA) is 66.3 Å². The predicted molar refractivity (Wildman–Crippen MR) is 86.9 cm³/mol. The van der Waals surface area contributed by atoms with Gasteiger partial charge < -0.3 is 10.0 Å². The van der Waals surface area contributed by atoms with Gasteiger partial charge in [-0.25, -0.2) is 8.78 Å². The van der Waals surface area contributed by atoms with E-state index in [0.717, 1.165) is 18.2 Å². The number of likely N-dealkylation sites (tertiary alicyclic amines) is 1. The van der Waals surface area contributed by atoms with E-state index in [1.54, 1.807) is 13.0 Å². The minimum atomic E-state index is -0.794. The van der Waals surface area contributed by atoms with E-state index in [0.29, 0.717) is 23.4 Å². The van der Waals surface area contributed by atoms with E-state index >= 15 is 0 Å². The minimum absolute atomic E-state index is 0.0595. The Kier molecular flexibility index (Phi) is 4.76. The lowest BCUT2D eigenvalue weighted by atomic mass is 10.0. The Bertz CT molecular complexity index is 813. The lowest BCUT2D eigenvalue weighted by Gasteiger charge is -2.26. The van der Waals surface area contributed by atoms with E-state index in [4.69, 9.17) is 0 Å². The number of aryl methyl sites for hydroxylation is 2. The highest BCUT2D eigenvalue weighted by Gasteiger charge is 2.38. The summed E-state index contributed by atoms with van der Waals surface area (Å²) in [5.41, 5.74) is 1.58. The maximum absolute atomic E-state index is 14.2. The molecule has 1 aliphatic rings. The van der Waals surface area contributed by atoms with Gasteiger partial charge in [0, 0.05) is 12.1 Å². The smallest absolute Gasteiger partial charge is 0.256 e. The quantitative estimate of drug-likeness (QED) is 0.927. The number of carbonyl (C=O) groups is 1. The number of nitrogens with zero attached hydrogens (tertiary/aromatic N) is 3. The zero-order valence-corrected chi connectivity index (χ0v) is 14.0. The average Bonchev–Trinajstić information content (AvgIpc) is 2.98. The molecule has 0 saturated carbocycles. The van der Waals surface area contributed by atoms with Gasteiger partial charge in [0.25, 0.3) is 5.91 Å². The number of aromatic nitrogens is 2. The highest BCUT2D eigenvalue weighted by Crippen LogP contribution is 2.35. The first-order valence-corrected chi connectivity index (χ1v) is 8.17. The molecule has 132 valence electrons. The highest BCUT2D eigenvalue weighted by atomic mass is 19.1. The van der Waals surface area contributed by atoms with Crippen LogP contribution in [0, 0.1) is 18.6 Å². The monoisotopic (exact) mass is 347 g/mol. The molecule has 0 unspecified atom stereocenters. The van der Waals surface area contributed by atoms with Crippen molar-refractivity contribution in [3.05, 3.63) is 58.4 Å². The summed E-state index contributed by atoms with van der Waals surface area (Å²) < 4.78 is 27.8. The van der Waals surface area contributed by atoms with Gasteiger partial charge in [0.05, 0.1) is 29.1 Å². The van der Waals surface area contributed by atoms with Crippen molar-refractivity contribution < 1.29 is 18.7 Å². The molecule has 1 amide bonds. The van der Waals surface area contributed by atoms with Crippen LogP contribution in [-0.2, 0) is 6.42 Å². The molecule has 0 aliphatic carbocycles. The number of aliphatic hydroxyl groups excluding tert-OH is 1. The molecule has 1 aromatic heterocycles. The van der Waals surface area contributed by atoms with E-state index in [-0.39, 0.29) is 24.4 Å². The van der Waals surface area contributed by atoms with Crippen LogP contribution in [0.4, 0.5) is 8.78 Å². The van der Waals surface area contributed by atoms with E-state index in [1.165, 1.54) is 4.90 Å². The van der Waals surface area contributed by atoms with Crippen LogP contribution in [0.3, 0.4) is 0 Å². The van der Waals surface area contributed by atoms with E-state index in [9.17, 15) is 18.7 Å². The number of carbonyl (C=O) groups excluding carboxylic acids is 1. The third-order valence-corrected chi connectivity index (χ3v) is 4.41. The SMILES string of the molecule is CCc1nnc(C)cc1C(=O)N1C[C@@H](O)C[C@H]1c1cc(F)ccc1F. The summed E-state index contributed by atoms with van der Waals surface area (Å²) >= 11 is 0. The molecular formula is C18H19F2N3O2. The van der Waals surface area contributed by atoms with E-state index < -0.39 is 23.8 Å². The van der Waals surface area contributed by atoms with Crippen molar-refractivity contribution in [2.75, 3.05) is 6.54 Å². The molecule has 0 spiro atoms. The summed E-state index contributed by atoms with van der Waals surface area (Å²) in [5, 5.41) is 18.0. The van der Waals surface area contributed by atoms with Crippen LogP contribution in [0.15, 0.2) is 24.3 Å². The van der Waals surface area contributed by atoms with Gasteiger partial charge in [0.2, 0.25) is 0 Å². The molecule has 2 heterocycles. The molecule has 2 atom stereocenters. The summed E-state index contributed by atoms with van der Waals surface area (Å²) in [7, 11) is 0. The molecule has 2 aromatic rings. The Hall–Kier alpha value is -2.41. The number of aliphatic hydroxyl groups is 1. The van der Waals surface area contributed by atoms with Gasteiger partial charge in [-0.05, 0) is 44.0 Å². The van der Waals surface area contributed by atoms with Gasteiger partial charge >= 0.3 is 0 Å². The van der Waals surface area contributed by atoms with Crippen molar-refractivity contribution in [2.24, 2.45) is 0 Å². The number of rotatable bonds is 3. The van der Waals surface area contributed by atoms with Crippen LogP contribution < -0.4 is 0 Å². The molecule has 1 N–H and O–H groups in total. The lowest BCUT2D eigenvalue weighted by Crippen LogP contribution is -2.33. The molecule has 7 heteroatoms. The zero-order valence-electron chi connectivity index (χ0n) is 14.0. The fourth-order valence-electron chi connectivity index (χ4n) is 3.22. The van der Waals surface area contributed by atoms with Gasteiger partial charge in [0.15, 0.2) is 0 Å². The third kappa shape index (κ3) is 3.37. The molecule has 25 heavy (non-hydrogen) atoms. The second-order valence-corrected chi connectivity index (χ2v) is 6.23. The van der Waals surface area contributed by atoms with Crippen LogP contribution in [-0.4, -0.2) is 38.8 Å². The van der Waals surface area contributed by atoms with Crippen LogP contribution in [0.1, 0.15) is 46.7 Å². The van der Waals surface area contributed by atoms with Gasteiger partial charge in [-0.3, -0.25) is 4.79 Å². The molecule has 0 bridgehead atoms. The van der Waals surface area contributed by atoms with E-state index in [2.05, 4.69) is 10.2 Å². The molecule has 1 aromatic carbocycles. The normalized spacial score (nSPS) is 20.1. The summed E-state index contributed by atoms with van der Waals surface area (Å²) in [6, 6.07) is 4.05. The molecular weight excluding hydrogens is 328 g/mol. The van der Waals surface area contributed by atoms with E-state index in [1.807, 2.05) is 6.92 Å². The second-order valence-electron chi connectivity index (χ2n) is 6.23. The molecule has 5 nitrogen and oxygen atoms in total. The van der Waals surface area contributed by atoms with Crippen molar-refractivity contribution in [3.8, 4) is 0 Å². The Balaban J connectivity index is 2.01. The van der Waals surface area contributed by atoms with Crippen molar-refractivity contribution in [1.29, 1.82) is 0 Å². The van der Waals surface area contributed by atoms with Crippen molar-refractivity contribution in [1.82, 2.24) is 15.1 Å². The Morgan fingerprint density at radius 1 is 1.32 bits per heavy atom. The maximum atomic E-state index is 14.2. The summed E-state index contributed by atoms with van der Waals surface area (Å²) in [6.07, 6.45) is -0.118. The van der Waals surface area contributed by atoms with Gasteiger partial charge in [-0.15, -0.1) is 0 Å².